The van der Waals surface area contributed by atoms with Gasteiger partial charge in [-0.05, 0) is 67.1 Å². The van der Waals surface area contributed by atoms with E-state index in [-0.39, 0.29) is 35.7 Å². The van der Waals surface area contributed by atoms with Crippen molar-refractivity contribution in [3.63, 3.8) is 0 Å². The van der Waals surface area contributed by atoms with Crippen LogP contribution in [0.1, 0.15) is 71.5 Å². The summed E-state index contributed by atoms with van der Waals surface area (Å²) >= 11 is 0. The van der Waals surface area contributed by atoms with E-state index < -0.39 is 23.1 Å². The Kier molecular flexibility index (Phi) is 6.06. The molecule has 0 unspecified atom stereocenters. The third kappa shape index (κ3) is 4.27. The first-order valence-corrected chi connectivity index (χ1v) is 13.4. The number of fused-ring (bicyclic) bond motifs is 1. The molecule has 3 heterocycles. The number of aryl methyl sites for hydroxylation is 1. The maximum atomic E-state index is 14.2. The Morgan fingerprint density at radius 1 is 1.15 bits per heavy atom. The van der Waals surface area contributed by atoms with Crippen LogP contribution in [0.15, 0.2) is 42.7 Å². The second-order valence-electron chi connectivity index (χ2n) is 11.6. The van der Waals surface area contributed by atoms with E-state index in [9.17, 15) is 22.8 Å². The fourth-order valence-electron chi connectivity index (χ4n) is 6.20. The van der Waals surface area contributed by atoms with Gasteiger partial charge in [-0.1, -0.05) is 12.1 Å². The number of benzene rings is 2. The summed E-state index contributed by atoms with van der Waals surface area (Å²) in [7, 11) is 1.83. The summed E-state index contributed by atoms with van der Waals surface area (Å²) in [5.41, 5.74) is 0.360. The van der Waals surface area contributed by atoms with Gasteiger partial charge in [0.25, 0.3) is 5.91 Å². The third-order valence-corrected chi connectivity index (χ3v) is 8.80. The molecule has 2 amide bonds. The van der Waals surface area contributed by atoms with Crippen molar-refractivity contribution in [1.82, 2.24) is 25.0 Å². The molecule has 0 atom stereocenters. The van der Waals surface area contributed by atoms with E-state index >= 15 is 0 Å². The molecule has 1 N–H and O–H groups in total. The van der Waals surface area contributed by atoms with Crippen LogP contribution in [-0.4, -0.2) is 50.1 Å². The maximum absolute atomic E-state index is 14.2. The molecule has 2 fully saturated rings. The number of nitrogens with zero attached hydrogens (tertiary/aromatic N) is 5. The number of likely N-dealkylation sites (tertiary alicyclic amines) is 1. The molecular formula is C29H31F3N6O2. The van der Waals surface area contributed by atoms with Gasteiger partial charge in [0.15, 0.2) is 0 Å². The van der Waals surface area contributed by atoms with Gasteiger partial charge < -0.3 is 19.7 Å². The lowest BCUT2D eigenvalue weighted by Gasteiger charge is -2.49. The zero-order chi connectivity index (χ0) is 28.4. The smallest absolute Gasteiger partial charge is 0.340 e. The quantitative estimate of drug-likeness (QED) is 0.496. The van der Waals surface area contributed by atoms with E-state index in [4.69, 9.17) is 0 Å². The highest BCUT2D eigenvalue weighted by Crippen LogP contribution is 2.43. The molecular weight excluding hydrogens is 521 g/mol. The molecule has 1 aromatic heterocycles. The molecule has 40 heavy (non-hydrogen) atoms. The second kappa shape index (κ2) is 9.15. The summed E-state index contributed by atoms with van der Waals surface area (Å²) < 4.78 is 44.4. The summed E-state index contributed by atoms with van der Waals surface area (Å²) in [5, 5.41) is 11.7. The van der Waals surface area contributed by atoms with Crippen molar-refractivity contribution in [3.8, 4) is 0 Å². The first kappa shape index (κ1) is 26.5. The van der Waals surface area contributed by atoms with Crippen LogP contribution in [0.2, 0.25) is 0 Å². The Morgan fingerprint density at radius 3 is 2.50 bits per heavy atom. The van der Waals surface area contributed by atoms with Gasteiger partial charge in [-0.15, -0.1) is 10.2 Å². The van der Waals surface area contributed by atoms with E-state index in [1.807, 2.05) is 19.2 Å². The van der Waals surface area contributed by atoms with E-state index in [0.717, 1.165) is 24.8 Å². The summed E-state index contributed by atoms with van der Waals surface area (Å²) in [6.45, 7) is 4.45. The Morgan fingerprint density at radius 2 is 1.90 bits per heavy atom. The first-order chi connectivity index (χ1) is 18.9. The molecule has 3 aliphatic rings. The summed E-state index contributed by atoms with van der Waals surface area (Å²) in [5.74, 6) is 0.159. The fraction of sp³-hybridized carbons (Fsp3) is 0.448. The van der Waals surface area contributed by atoms with E-state index in [0.29, 0.717) is 30.2 Å². The second-order valence-corrected chi connectivity index (χ2v) is 11.6. The van der Waals surface area contributed by atoms with Crippen molar-refractivity contribution < 1.29 is 22.8 Å². The third-order valence-electron chi connectivity index (χ3n) is 8.80. The number of hydrogen-bond acceptors (Lipinski definition) is 5. The van der Waals surface area contributed by atoms with Crippen molar-refractivity contribution >= 4 is 17.5 Å². The Balaban J connectivity index is 1.34. The summed E-state index contributed by atoms with van der Waals surface area (Å²) in [4.78, 5) is 28.8. The number of alkyl halides is 3. The predicted molar refractivity (Wildman–Crippen MR) is 142 cm³/mol. The first-order valence-electron chi connectivity index (χ1n) is 13.4. The predicted octanol–water partition coefficient (Wildman–Crippen LogP) is 4.17. The number of anilines is 1. The minimum Gasteiger partial charge on any atom is -0.340 e. The van der Waals surface area contributed by atoms with Gasteiger partial charge >= 0.3 is 6.18 Å². The highest BCUT2D eigenvalue weighted by molar-refractivity contribution is 6.10. The van der Waals surface area contributed by atoms with Crippen LogP contribution in [0.3, 0.4) is 0 Å². The van der Waals surface area contributed by atoms with Gasteiger partial charge in [-0.2, -0.15) is 13.2 Å². The van der Waals surface area contributed by atoms with E-state index in [2.05, 4.69) is 22.4 Å². The Bertz CT molecular complexity index is 1500. The van der Waals surface area contributed by atoms with Gasteiger partial charge in [0.05, 0.1) is 17.5 Å². The minimum atomic E-state index is -4.59. The Labute approximate surface area is 230 Å². The molecule has 1 aliphatic carbocycles. The molecule has 2 aliphatic heterocycles. The monoisotopic (exact) mass is 552 g/mol. The summed E-state index contributed by atoms with van der Waals surface area (Å²) in [6.07, 6.45) is 0.0589. The van der Waals surface area contributed by atoms with Crippen molar-refractivity contribution in [2.24, 2.45) is 7.05 Å². The van der Waals surface area contributed by atoms with Crippen LogP contribution in [0, 0.1) is 0 Å². The van der Waals surface area contributed by atoms with Gasteiger partial charge in [0.2, 0.25) is 5.91 Å². The zero-order valence-corrected chi connectivity index (χ0v) is 22.7. The molecule has 0 bridgehead atoms. The Hall–Kier alpha value is -3.73. The number of nitrogens with one attached hydrogen (secondary N) is 1. The molecule has 0 radical (unpaired) electrons. The number of carbonyl (C=O) groups is 2. The average molecular weight is 553 g/mol. The van der Waals surface area contributed by atoms with Crippen molar-refractivity contribution in [3.05, 3.63) is 76.4 Å². The van der Waals surface area contributed by atoms with Gasteiger partial charge in [-0.25, -0.2) is 0 Å². The van der Waals surface area contributed by atoms with E-state index in [1.54, 1.807) is 34.0 Å². The van der Waals surface area contributed by atoms with Gasteiger partial charge in [0, 0.05) is 50.4 Å². The maximum Gasteiger partial charge on any atom is 0.416 e. The van der Waals surface area contributed by atoms with Crippen LogP contribution in [-0.2, 0) is 36.5 Å². The van der Waals surface area contributed by atoms with Crippen molar-refractivity contribution in [2.75, 3.05) is 18.0 Å². The molecule has 6 rings (SSSR count). The average Bonchev–Trinajstić information content (AvgIpc) is 3.43. The SMILES string of the molecule is CC(=O)N1CC(c2cccc(N3Cc4c(cc(CNC5(C)CCC5)cc4C(F)(F)F)C3=O)c2)(c2nncn2C)C1. The highest BCUT2D eigenvalue weighted by Gasteiger charge is 2.50. The lowest BCUT2D eigenvalue weighted by Crippen LogP contribution is -2.62. The molecule has 11 heteroatoms. The number of rotatable bonds is 6. The molecule has 210 valence electrons. The van der Waals surface area contributed by atoms with Crippen molar-refractivity contribution in [2.45, 2.75) is 63.3 Å². The molecule has 0 spiro atoms. The van der Waals surface area contributed by atoms with Crippen LogP contribution in [0.5, 0.6) is 0 Å². The molecule has 1 saturated carbocycles. The highest BCUT2D eigenvalue weighted by atomic mass is 19.4. The van der Waals surface area contributed by atoms with Crippen molar-refractivity contribution in [1.29, 1.82) is 0 Å². The molecule has 2 aromatic carbocycles. The fourth-order valence-corrected chi connectivity index (χ4v) is 6.20. The van der Waals surface area contributed by atoms with Crippen LogP contribution >= 0.6 is 0 Å². The molecule has 8 nitrogen and oxygen atoms in total. The van der Waals surface area contributed by atoms with Gasteiger partial charge in [0.1, 0.15) is 12.2 Å². The zero-order valence-electron chi connectivity index (χ0n) is 22.7. The lowest BCUT2D eigenvalue weighted by atomic mass is 9.72. The number of carbonyl (C=O) groups excluding carboxylic acids is 2. The van der Waals surface area contributed by atoms with Crippen LogP contribution in [0.4, 0.5) is 18.9 Å². The molecule has 1 saturated heterocycles. The number of aromatic nitrogens is 3. The topological polar surface area (TPSA) is 83.4 Å². The number of amides is 2. The lowest BCUT2D eigenvalue weighted by molar-refractivity contribution is -0.138. The van der Waals surface area contributed by atoms with Crippen LogP contribution in [0.25, 0.3) is 0 Å². The largest absolute Gasteiger partial charge is 0.416 e. The number of hydrogen-bond donors (Lipinski definition) is 1. The van der Waals surface area contributed by atoms with Gasteiger partial charge in [-0.3, -0.25) is 9.59 Å². The standard InChI is InChI=1S/C29H31F3N6O2/c1-18(39)37-15-28(16-37,26-35-34-17-36(26)3)20-6-4-7-21(12-20)38-14-23-22(25(38)40)10-19(11-24(23)29(30,31)32)13-33-27(2)8-5-9-27/h4,6-7,10-12,17,33H,5,8-9,13-16H2,1-3H3. The normalized spacial score (nSPS) is 19.3. The summed E-state index contributed by atoms with van der Waals surface area (Å²) in [6, 6.07) is 10.0. The molecule has 3 aromatic rings. The van der Waals surface area contributed by atoms with Crippen LogP contribution < -0.4 is 10.2 Å². The minimum absolute atomic E-state index is 0.00378. The van der Waals surface area contributed by atoms with E-state index in [1.165, 1.54) is 17.9 Å². The number of halogens is 3.